The highest BCUT2D eigenvalue weighted by molar-refractivity contribution is 7.89. The molecule has 0 amide bonds. The molecule has 0 radical (unpaired) electrons. The standard InChI is InChI=1S/C15H19N3O2S2/c1-10-8-13(17-16-10)14-9-15(11(2)21-14)22(19,20)18-12-6-4-3-5-7-12/h4,6,8-9,12,18H,3,5,7H2,1-2H3,(H,16,17). The first-order valence-electron chi connectivity index (χ1n) is 7.27. The first-order chi connectivity index (χ1) is 10.5. The highest BCUT2D eigenvalue weighted by Gasteiger charge is 2.24. The Morgan fingerprint density at radius 2 is 2.18 bits per heavy atom. The molecule has 0 spiro atoms. The van der Waals surface area contributed by atoms with Gasteiger partial charge in [0.25, 0.3) is 0 Å². The molecule has 7 heteroatoms. The topological polar surface area (TPSA) is 74.8 Å². The molecular formula is C15H19N3O2S2. The summed E-state index contributed by atoms with van der Waals surface area (Å²) >= 11 is 1.45. The van der Waals surface area contributed by atoms with E-state index in [2.05, 4.69) is 14.9 Å². The lowest BCUT2D eigenvalue weighted by Gasteiger charge is -2.17. The Morgan fingerprint density at radius 1 is 1.36 bits per heavy atom. The maximum absolute atomic E-state index is 12.6. The van der Waals surface area contributed by atoms with Crippen molar-refractivity contribution in [2.45, 2.75) is 44.0 Å². The van der Waals surface area contributed by atoms with Crippen LogP contribution in [-0.2, 0) is 10.0 Å². The van der Waals surface area contributed by atoms with Gasteiger partial charge in [-0.3, -0.25) is 5.10 Å². The summed E-state index contributed by atoms with van der Waals surface area (Å²) in [7, 11) is -3.50. The highest BCUT2D eigenvalue weighted by atomic mass is 32.2. The second-order valence-electron chi connectivity index (χ2n) is 5.55. The Hall–Kier alpha value is -1.44. The van der Waals surface area contributed by atoms with E-state index in [1.165, 1.54) is 11.3 Å². The second kappa shape index (κ2) is 5.98. The minimum Gasteiger partial charge on any atom is -0.282 e. The zero-order valence-corrected chi connectivity index (χ0v) is 14.2. The van der Waals surface area contributed by atoms with Crippen LogP contribution in [0.4, 0.5) is 0 Å². The molecule has 118 valence electrons. The number of hydrogen-bond acceptors (Lipinski definition) is 4. The van der Waals surface area contributed by atoms with Crippen molar-refractivity contribution in [1.29, 1.82) is 0 Å². The van der Waals surface area contributed by atoms with Gasteiger partial charge in [-0.1, -0.05) is 12.2 Å². The van der Waals surface area contributed by atoms with E-state index < -0.39 is 10.0 Å². The molecule has 2 aromatic rings. The van der Waals surface area contributed by atoms with E-state index >= 15 is 0 Å². The van der Waals surface area contributed by atoms with Gasteiger partial charge in [0.15, 0.2) is 0 Å². The molecular weight excluding hydrogens is 318 g/mol. The molecule has 2 aromatic heterocycles. The summed E-state index contributed by atoms with van der Waals surface area (Å²) in [6.45, 7) is 3.75. The Balaban J connectivity index is 1.89. The average molecular weight is 337 g/mol. The lowest BCUT2D eigenvalue weighted by atomic mass is 10.0. The Kier molecular flexibility index (Phi) is 4.20. The van der Waals surface area contributed by atoms with E-state index in [0.29, 0.717) is 4.90 Å². The number of nitrogens with zero attached hydrogens (tertiary/aromatic N) is 1. The molecule has 0 fully saturated rings. The van der Waals surface area contributed by atoms with Gasteiger partial charge in [0.1, 0.15) is 5.69 Å². The number of rotatable bonds is 4. The zero-order chi connectivity index (χ0) is 15.7. The maximum Gasteiger partial charge on any atom is 0.242 e. The van der Waals surface area contributed by atoms with Gasteiger partial charge in [-0.15, -0.1) is 11.3 Å². The molecule has 2 N–H and O–H groups in total. The number of sulfonamides is 1. The molecule has 5 nitrogen and oxygen atoms in total. The fourth-order valence-corrected chi connectivity index (χ4v) is 5.35. The number of allylic oxidation sites excluding steroid dienone is 1. The maximum atomic E-state index is 12.6. The predicted molar refractivity (Wildman–Crippen MR) is 88.5 cm³/mol. The number of H-pyrrole nitrogens is 1. The summed E-state index contributed by atoms with van der Waals surface area (Å²) in [4.78, 5) is 2.00. The third-order valence-electron chi connectivity index (χ3n) is 3.68. The quantitative estimate of drug-likeness (QED) is 0.842. The van der Waals surface area contributed by atoms with Crippen LogP contribution in [0.1, 0.15) is 29.8 Å². The van der Waals surface area contributed by atoms with Crippen molar-refractivity contribution in [3.8, 4) is 10.6 Å². The zero-order valence-electron chi connectivity index (χ0n) is 12.6. The van der Waals surface area contributed by atoms with Crippen molar-refractivity contribution in [2.75, 3.05) is 0 Å². The molecule has 1 aliphatic carbocycles. The van der Waals surface area contributed by atoms with Crippen LogP contribution in [0.15, 0.2) is 29.2 Å². The van der Waals surface area contributed by atoms with Crippen LogP contribution in [0.2, 0.25) is 0 Å². The van der Waals surface area contributed by atoms with Crippen LogP contribution in [0.25, 0.3) is 10.6 Å². The molecule has 0 saturated carbocycles. The number of aromatic nitrogens is 2. The van der Waals surface area contributed by atoms with Crippen LogP contribution in [0.5, 0.6) is 0 Å². The van der Waals surface area contributed by atoms with Crippen LogP contribution >= 0.6 is 11.3 Å². The first-order valence-corrected chi connectivity index (χ1v) is 9.57. The van der Waals surface area contributed by atoms with Crippen molar-refractivity contribution < 1.29 is 8.42 Å². The Morgan fingerprint density at radius 3 is 2.82 bits per heavy atom. The summed E-state index contributed by atoms with van der Waals surface area (Å²) in [5, 5.41) is 7.08. The lowest BCUT2D eigenvalue weighted by molar-refractivity contribution is 0.549. The summed E-state index contributed by atoms with van der Waals surface area (Å²) in [6.07, 6.45) is 6.88. The second-order valence-corrected chi connectivity index (χ2v) is 8.49. The molecule has 22 heavy (non-hydrogen) atoms. The van der Waals surface area contributed by atoms with Crippen LogP contribution in [0, 0.1) is 13.8 Å². The monoisotopic (exact) mass is 337 g/mol. The van der Waals surface area contributed by atoms with Gasteiger partial charge in [0.05, 0.1) is 9.77 Å². The van der Waals surface area contributed by atoms with Crippen molar-refractivity contribution in [2.24, 2.45) is 0 Å². The largest absolute Gasteiger partial charge is 0.282 e. The van der Waals surface area contributed by atoms with Gasteiger partial charge < -0.3 is 0 Å². The van der Waals surface area contributed by atoms with Gasteiger partial charge in [0.2, 0.25) is 10.0 Å². The third-order valence-corrected chi connectivity index (χ3v) is 6.50. The lowest BCUT2D eigenvalue weighted by Crippen LogP contribution is -2.34. The number of nitrogens with one attached hydrogen (secondary N) is 2. The van der Waals surface area contributed by atoms with Crippen LogP contribution < -0.4 is 4.72 Å². The van der Waals surface area contributed by atoms with Crippen molar-refractivity contribution in [3.63, 3.8) is 0 Å². The number of hydrogen-bond donors (Lipinski definition) is 2. The van der Waals surface area contributed by atoms with Gasteiger partial charge in [-0.2, -0.15) is 5.10 Å². The van der Waals surface area contributed by atoms with Gasteiger partial charge in [-0.05, 0) is 45.2 Å². The first kappa shape index (κ1) is 15.5. The van der Waals surface area contributed by atoms with E-state index in [4.69, 9.17) is 0 Å². The van der Waals surface area contributed by atoms with Gasteiger partial charge in [0, 0.05) is 16.6 Å². The number of thiophene rings is 1. The summed E-state index contributed by atoms with van der Waals surface area (Å²) in [6, 6.07) is 3.53. The van der Waals surface area contributed by atoms with Crippen molar-refractivity contribution in [1.82, 2.24) is 14.9 Å². The van der Waals surface area contributed by atoms with E-state index in [-0.39, 0.29) is 6.04 Å². The Labute approximate surface area is 134 Å². The summed E-state index contributed by atoms with van der Waals surface area (Å²) in [5.74, 6) is 0. The minimum atomic E-state index is -3.50. The van der Waals surface area contributed by atoms with Crippen molar-refractivity contribution in [3.05, 3.63) is 34.9 Å². The SMILES string of the molecule is Cc1cc(-c2cc(S(=O)(=O)NC3C=CCCC3)c(C)s2)n[nH]1. The molecule has 0 saturated heterocycles. The molecule has 1 unspecified atom stereocenters. The fourth-order valence-electron chi connectivity index (χ4n) is 2.58. The highest BCUT2D eigenvalue weighted by Crippen LogP contribution is 2.33. The molecule has 1 atom stereocenters. The smallest absolute Gasteiger partial charge is 0.242 e. The van der Waals surface area contributed by atoms with E-state index in [9.17, 15) is 8.42 Å². The van der Waals surface area contributed by atoms with E-state index in [1.807, 2.05) is 32.1 Å². The van der Waals surface area contributed by atoms with Gasteiger partial charge in [-0.25, -0.2) is 13.1 Å². The van der Waals surface area contributed by atoms with Gasteiger partial charge >= 0.3 is 0 Å². The molecule has 3 rings (SSSR count). The number of aryl methyl sites for hydroxylation is 2. The predicted octanol–water partition coefficient (Wildman–Crippen LogP) is 3.14. The molecule has 0 aliphatic heterocycles. The molecule has 2 heterocycles. The average Bonchev–Trinajstić information content (AvgIpc) is 3.06. The Bertz CT molecular complexity index is 803. The fraction of sp³-hybridized carbons (Fsp3) is 0.400. The van der Waals surface area contributed by atoms with Crippen LogP contribution in [0.3, 0.4) is 0 Å². The van der Waals surface area contributed by atoms with Crippen LogP contribution in [-0.4, -0.2) is 24.7 Å². The third kappa shape index (κ3) is 3.16. The van der Waals surface area contributed by atoms with E-state index in [0.717, 1.165) is 40.4 Å². The van der Waals surface area contributed by atoms with E-state index in [1.54, 1.807) is 6.07 Å². The normalized spacial score (nSPS) is 18.7. The molecule has 1 aliphatic rings. The molecule has 0 bridgehead atoms. The summed E-state index contributed by atoms with van der Waals surface area (Å²) in [5.41, 5.74) is 1.74. The minimum absolute atomic E-state index is 0.103. The summed E-state index contributed by atoms with van der Waals surface area (Å²) < 4.78 is 28.0. The molecule has 0 aromatic carbocycles. The number of aromatic amines is 1. The van der Waals surface area contributed by atoms with Crippen molar-refractivity contribution >= 4 is 21.4 Å².